The van der Waals surface area contributed by atoms with Crippen molar-refractivity contribution in [3.8, 4) is 11.5 Å². The number of methoxy groups -OCH3 is 2. The molecule has 2 aromatic rings. The third kappa shape index (κ3) is 4.39. The van der Waals surface area contributed by atoms with E-state index in [2.05, 4.69) is 5.32 Å². The smallest absolute Gasteiger partial charge is 0.227 e. The van der Waals surface area contributed by atoms with Crippen LogP contribution >= 0.6 is 11.6 Å². The Labute approximate surface area is 141 Å². The van der Waals surface area contributed by atoms with Crippen molar-refractivity contribution in [1.82, 2.24) is 0 Å². The van der Waals surface area contributed by atoms with Crippen molar-refractivity contribution >= 4 is 23.2 Å². The van der Waals surface area contributed by atoms with Gasteiger partial charge < -0.3 is 14.8 Å². The maximum atomic E-state index is 12.3. The van der Waals surface area contributed by atoms with Crippen LogP contribution in [0.2, 0.25) is 5.02 Å². The maximum Gasteiger partial charge on any atom is 0.227 e. The van der Waals surface area contributed by atoms with Gasteiger partial charge in [-0.3, -0.25) is 4.79 Å². The van der Waals surface area contributed by atoms with E-state index in [0.29, 0.717) is 28.6 Å². The standard InChI is InChI=1S/C18H20ClNO3/c1-12(18(21)20-15-7-5-4-6-14(15)19)10-13-8-9-16(22-2)17(11-13)23-3/h4-9,11-12H,10H2,1-3H3,(H,20,21). The SMILES string of the molecule is COc1ccc(CC(C)C(=O)Nc2ccccc2Cl)cc1OC. The molecule has 122 valence electrons. The van der Waals surface area contributed by atoms with Gasteiger partial charge in [0.2, 0.25) is 5.91 Å². The van der Waals surface area contributed by atoms with E-state index in [-0.39, 0.29) is 11.8 Å². The van der Waals surface area contributed by atoms with E-state index < -0.39 is 0 Å². The molecule has 0 spiro atoms. The van der Waals surface area contributed by atoms with E-state index in [1.807, 2.05) is 37.3 Å². The fraction of sp³-hybridized carbons (Fsp3) is 0.278. The average molecular weight is 334 g/mol. The molecule has 0 radical (unpaired) electrons. The molecule has 23 heavy (non-hydrogen) atoms. The zero-order valence-corrected chi connectivity index (χ0v) is 14.2. The summed E-state index contributed by atoms with van der Waals surface area (Å²) in [4.78, 5) is 12.3. The number of halogens is 1. The van der Waals surface area contributed by atoms with Gasteiger partial charge in [-0.1, -0.05) is 36.7 Å². The van der Waals surface area contributed by atoms with Gasteiger partial charge in [-0.05, 0) is 36.2 Å². The van der Waals surface area contributed by atoms with E-state index in [4.69, 9.17) is 21.1 Å². The van der Waals surface area contributed by atoms with Gasteiger partial charge in [-0.25, -0.2) is 0 Å². The third-order valence-corrected chi connectivity index (χ3v) is 3.90. The van der Waals surface area contributed by atoms with Gasteiger partial charge in [-0.15, -0.1) is 0 Å². The highest BCUT2D eigenvalue weighted by molar-refractivity contribution is 6.33. The summed E-state index contributed by atoms with van der Waals surface area (Å²) < 4.78 is 10.5. The molecular weight excluding hydrogens is 314 g/mol. The summed E-state index contributed by atoms with van der Waals surface area (Å²) in [5.41, 5.74) is 1.63. The number of amides is 1. The van der Waals surface area contributed by atoms with Crippen molar-refractivity contribution in [3.63, 3.8) is 0 Å². The summed E-state index contributed by atoms with van der Waals surface area (Å²) in [6, 6.07) is 12.8. The summed E-state index contributed by atoms with van der Waals surface area (Å²) in [6.07, 6.45) is 0.594. The average Bonchev–Trinajstić information content (AvgIpc) is 2.56. The first-order valence-electron chi connectivity index (χ1n) is 7.31. The van der Waals surface area contributed by atoms with Crippen LogP contribution < -0.4 is 14.8 Å². The largest absolute Gasteiger partial charge is 0.493 e. The molecule has 0 saturated carbocycles. The van der Waals surface area contributed by atoms with Crippen LogP contribution in [0.15, 0.2) is 42.5 Å². The van der Waals surface area contributed by atoms with Crippen LogP contribution in [0.25, 0.3) is 0 Å². The summed E-state index contributed by atoms with van der Waals surface area (Å²) in [7, 11) is 3.19. The Kier molecular flexibility index (Phi) is 5.88. The zero-order chi connectivity index (χ0) is 16.8. The number of rotatable bonds is 6. The predicted molar refractivity (Wildman–Crippen MR) is 92.5 cm³/mol. The molecule has 1 amide bonds. The number of carbonyl (C=O) groups excluding carboxylic acids is 1. The minimum atomic E-state index is -0.204. The van der Waals surface area contributed by atoms with Crippen LogP contribution in [0.3, 0.4) is 0 Å². The number of anilines is 1. The molecule has 0 aromatic heterocycles. The molecule has 0 saturated heterocycles. The number of benzene rings is 2. The topological polar surface area (TPSA) is 47.6 Å². The van der Waals surface area contributed by atoms with Crippen LogP contribution in [-0.2, 0) is 11.2 Å². The lowest BCUT2D eigenvalue weighted by Gasteiger charge is -2.14. The highest BCUT2D eigenvalue weighted by atomic mass is 35.5. The zero-order valence-electron chi connectivity index (χ0n) is 13.4. The van der Waals surface area contributed by atoms with E-state index in [0.717, 1.165) is 5.56 Å². The number of ether oxygens (including phenoxy) is 2. The van der Waals surface area contributed by atoms with E-state index in [1.165, 1.54) is 0 Å². The molecule has 0 aliphatic rings. The van der Waals surface area contributed by atoms with Gasteiger partial charge in [0.1, 0.15) is 0 Å². The van der Waals surface area contributed by atoms with Crippen molar-refractivity contribution in [3.05, 3.63) is 53.1 Å². The van der Waals surface area contributed by atoms with E-state index in [1.54, 1.807) is 26.4 Å². The number of nitrogens with one attached hydrogen (secondary N) is 1. The molecule has 1 N–H and O–H groups in total. The molecule has 0 heterocycles. The Hall–Kier alpha value is -2.20. The Morgan fingerprint density at radius 3 is 2.48 bits per heavy atom. The Morgan fingerprint density at radius 1 is 1.13 bits per heavy atom. The van der Waals surface area contributed by atoms with Gasteiger partial charge in [0.05, 0.1) is 24.9 Å². The minimum absolute atomic E-state index is 0.0760. The molecule has 1 atom stereocenters. The molecule has 2 aromatic carbocycles. The van der Waals surface area contributed by atoms with Gasteiger partial charge >= 0.3 is 0 Å². The second-order valence-corrected chi connectivity index (χ2v) is 5.67. The van der Waals surface area contributed by atoms with Crippen molar-refractivity contribution in [2.24, 2.45) is 5.92 Å². The lowest BCUT2D eigenvalue weighted by molar-refractivity contribution is -0.119. The fourth-order valence-electron chi connectivity index (χ4n) is 2.27. The number of para-hydroxylation sites is 1. The predicted octanol–water partition coefficient (Wildman–Crippen LogP) is 4.17. The summed E-state index contributed by atoms with van der Waals surface area (Å²) in [6.45, 7) is 1.88. The first kappa shape index (κ1) is 17.2. The third-order valence-electron chi connectivity index (χ3n) is 3.57. The first-order valence-corrected chi connectivity index (χ1v) is 7.69. The van der Waals surface area contributed by atoms with Gasteiger partial charge in [0.25, 0.3) is 0 Å². The molecule has 0 bridgehead atoms. The normalized spacial score (nSPS) is 11.7. The number of hydrogen-bond acceptors (Lipinski definition) is 3. The van der Waals surface area contributed by atoms with Crippen LogP contribution in [0, 0.1) is 5.92 Å². The lowest BCUT2D eigenvalue weighted by atomic mass is 10.00. The van der Waals surface area contributed by atoms with Crippen LogP contribution in [0.5, 0.6) is 11.5 Å². The molecule has 0 aliphatic heterocycles. The highest BCUT2D eigenvalue weighted by Gasteiger charge is 2.16. The van der Waals surface area contributed by atoms with E-state index in [9.17, 15) is 4.79 Å². The van der Waals surface area contributed by atoms with Crippen LogP contribution in [0.1, 0.15) is 12.5 Å². The molecular formula is C18H20ClNO3. The molecule has 0 fully saturated rings. The molecule has 5 heteroatoms. The second kappa shape index (κ2) is 7.88. The number of carbonyl (C=O) groups is 1. The molecule has 1 unspecified atom stereocenters. The highest BCUT2D eigenvalue weighted by Crippen LogP contribution is 2.29. The quantitative estimate of drug-likeness (QED) is 0.862. The van der Waals surface area contributed by atoms with Gasteiger partial charge in [0, 0.05) is 5.92 Å². The molecule has 2 rings (SSSR count). The Bertz CT molecular complexity index is 688. The van der Waals surface area contributed by atoms with Gasteiger partial charge in [0.15, 0.2) is 11.5 Å². The van der Waals surface area contributed by atoms with Crippen molar-refractivity contribution in [1.29, 1.82) is 0 Å². The molecule has 0 aliphatic carbocycles. The van der Waals surface area contributed by atoms with Crippen molar-refractivity contribution < 1.29 is 14.3 Å². The fourth-order valence-corrected chi connectivity index (χ4v) is 2.46. The first-order chi connectivity index (χ1) is 11.0. The Balaban J connectivity index is 2.05. The number of hydrogen-bond donors (Lipinski definition) is 1. The van der Waals surface area contributed by atoms with Gasteiger partial charge in [-0.2, -0.15) is 0 Å². The maximum absolute atomic E-state index is 12.3. The summed E-state index contributed by atoms with van der Waals surface area (Å²) in [5.74, 6) is 1.05. The monoisotopic (exact) mass is 333 g/mol. The lowest BCUT2D eigenvalue weighted by Crippen LogP contribution is -2.22. The van der Waals surface area contributed by atoms with Crippen molar-refractivity contribution in [2.75, 3.05) is 19.5 Å². The summed E-state index contributed by atoms with van der Waals surface area (Å²) in [5, 5.41) is 3.38. The van der Waals surface area contributed by atoms with Crippen molar-refractivity contribution in [2.45, 2.75) is 13.3 Å². The van der Waals surface area contributed by atoms with Crippen LogP contribution in [-0.4, -0.2) is 20.1 Å². The second-order valence-electron chi connectivity index (χ2n) is 5.26. The van der Waals surface area contributed by atoms with E-state index >= 15 is 0 Å². The van der Waals surface area contributed by atoms with Crippen LogP contribution in [0.4, 0.5) is 5.69 Å². The Morgan fingerprint density at radius 2 is 1.83 bits per heavy atom. The minimum Gasteiger partial charge on any atom is -0.493 e. The molecule has 4 nitrogen and oxygen atoms in total. The summed E-state index contributed by atoms with van der Waals surface area (Å²) >= 11 is 6.06.